The monoisotopic (exact) mass is 278 g/mol. The minimum Gasteiger partial charge on any atom is -0.496 e. The van der Waals surface area contributed by atoms with Gasteiger partial charge >= 0.3 is 5.97 Å². The van der Waals surface area contributed by atoms with Crippen LogP contribution in [0.4, 0.5) is 0 Å². The van der Waals surface area contributed by atoms with E-state index in [1.165, 1.54) is 32.4 Å². The van der Waals surface area contributed by atoms with Crippen LogP contribution in [0.25, 0.3) is 0 Å². The molecule has 1 aromatic carbocycles. The zero-order valence-electron chi connectivity index (χ0n) is 12.4. The van der Waals surface area contributed by atoms with Crippen molar-refractivity contribution in [1.82, 2.24) is 0 Å². The molecule has 0 radical (unpaired) electrons. The van der Waals surface area contributed by atoms with Crippen LogP contribution in [0.1, 0.15) is 29.6 Å². The summed E-state index contributed by atoms with van der Waals surface area (Å²) in [6, 6.07) is 7.17. The van der Waals surface area contributed by atoms with Gasteiger partial charge in [0.1, 0.15) is 24.5 Å². The molecule has 1 aliphatic rings. The minimum atomic E-state index is -0.300. The SMILES string of the molecule is COc1ccccc1C(=O)OCC[N+]1(C)CCCCC1. The number of likely N-dealkylation sites (N-methyl/N-ethyl adjacent to an activating group) is 1. The van der Waals surface area contributed by atoms with Gasteiger partial charge in [-0.2, -0.15) is 0 Å². The van der Waals surface area contributed by atoms with Crippen molar-refractivity contribution in [3.8, 4) is 5.75 Å². The number of quaternary nitrogens is 1. The number of piperidine rings is 1. The number of esters is 1. The summed E-state index contributed by atoms with van der Waals surface area (Å²) < 4.78 is 11.6. The lowest BCUT2D eigenvalue weighted by molar-refractivity contribution is -0.914. The van der Waals surface area contributed by atoms with Crippen LogP contribution in [0, 0.1) is 0 Å². The van der Waals surface area contributed by atoms with Gasteiger partial charge in [-0.25, -0.2) is 4.79 Å². The molecule has 1 aliphatic heterocycles. The van der Waals surface area contributed by atoms with Gasteiger partial charge in [-0.05, 0) is 31.4 Å². The second-order valence-electron chi connectivity index (χ2n) is 5.69. The molecule has 2 rings (SSSR count). The number of rotatable bonds is 5. The Bertz CT molecular complexity index is 453. The highest BCUT2D eigenvalue weighted by molar-refractivity contribution is 5.92. The van der Waals surface area contributed by atoms with E-state index in [2.05, 4.69) is 7.05 Å². The van der Waals surface area contributed by atoms with Crippen molar-refractivity contribution < 1.29 is 18.8 Å². The molecule has 0 amide bonds. The zero-order chi connectivity index (χ0) is 14.4. The number of ether oxygens (including phenoxy) is 2. The number of hydrogen-bond donors (Lipinski definition) is 0. The lowest BCUT2D eigenvalue weighted by atomic mass is 10.1. The molecule has 0 aliphatic carbocycles. The first kappa shape index (κ1) is 14.9. The fraction of sp³-hybridized carbons (Fsp3) is 0.562. The van der Waals surface area contributed by atoms with E-state index in [4.69, 9.17) is 9.47 Å². The topological polar surface area (TPSA) is 35.5 Å². The van der Waals surface area contributed by atoms with E-state index in [1.807, 2.05) is 12.1 Å². The molecule has 0 bridgehead atoms. The predicted octanol–water partition coefficient (Wildman–Crippen LogP) is 2.48. The number of hydrogen-bond acceptors (Lipinski definition) is 3. The Morgan fingerprint density at radius 1 is 1.20 bits per heavy atom. The van der Waals surface area contributed by atoms with Crippen molar-refractivity contribution in [1.29, 1.82) is 0 Å². The molecule has 1 heterocycles. The molecule has 1 aromatic rings. The van der Waals surface area contributed by atoms with Gasteiger partial charge in [0.25, 0.3) is 0 Å². The number of likely N-dealkylation sites (tertiary alicyclic amines) is 1. The van der Waals surface area contributed by atoms with Crippen molar-refractivity contribution >= 4 is 5.97 Å². The van der Waals surface area contributed by atoms with E-state index < -0.39 is 0 Å². The van der Waals surface area contributed by atoms with E-state index in [-0.39, 0.29) is 5.97 Å². The van der Waals surface area contributed by atoms with Gasteiger partial charge in [-0.3, -0.25) is 0 Å². The largest absolute Gasteiger partial charge is 0.496 e. The number of benzene rings is 1. The molecule has 1 fully saturated rings. The van der Waals surface area contributed by atoms with E-state index in [9.17, 15) is 4.79 Å². The summed E-state index contributed by atoms with van der Waals surface area (Å²) >= 11 is 0. The molecule has 110 valence electrons. The molecular formula is C16H24NO3+. The van der Waals surface area contributed by atoms with Gasteiger partial charge in [0.05, 0.1) is 27.2 Å². The van der Waals surface area contributed by atoms with Crippen LogP contribution >= 0.6 is 0 Å². The van der Waals surface area contributed by atoms with E-state index in [0.717, 1.165) is 11.0 Å². The molecule has 20 heavy (non-hydrogen) atoms. The van der Waals surface area contributed by atoms with Gasteiger partial charge in [0.15, 0.2) is 0 Å². The zero-order valence-corrected chi connectivity index (χ0v) is 12.4. The fourth-order valence-electron chi connectivity index (χ4n) is 2.75. The standard InChI is InChI=1S/C16H24NO3/c1-17(10-6-3-7-11-17)12-13-20-16(18)14-8-4-5-9-15(14)19-2/h4-5,8-9H,3,6-7,10-13H2,1-2H3/q+1. The third-order valence-corrected chi connectivity index (χ3v) is 4.09. The first-order valence-electron chi connectivity index (χ1n) is 7.28. The molecule has 0 saturated carbocycles. The Morgan fingerprint density at radius 3 is 2.60 bits per heavy atom. The summed E-state index contributed by atoms with van der Waals surface area (Å²) in [6.07, 6.45) is 3.88. The molecule has 4 nitrogen and oxygen atoms in total. The quantitative estimate of drug-likeness (QED) is 0.613. The normalized spacial score (nSPS) is 17.5. The molecular weight excluding hydrogens is 254 g/mol. The van der Waals surface area contributed by atoms with Crippen LogP contribution < -0.4 is 4.74 Å². The predicted molar refractivity (Wildman–Crippen MR) is 77.9 cm³/mol. The van der Waals surface area contributed by atoms with Crippen molar-refractivity contribution in [3.63, 3.8) is 0 Å². The van der Waals surface area contributed by atoms with E-state index in [1.54, 1.807) is 19.2 Å². The van der Waals surface area contributed by atoms with Gasteiger partial charge in [0.2, 0.25) is 0 Å². The number of carbonyl (C=O) groups is 1. The summed E-state index contributed by atoms with van der Waals surface area (Å²) in [7, 11) is 3.81. The highest BCUT2D eigenvalue weighted by Crippen LogP contribution is 2.19. The van der Waals surface area contributed by atoms with Gasteiger partial charge in [0, 0.05) is 0 Å². The van der Waals surface area contributed by atoms with Crippen LogP contribution in [0.15, 0.2) is 24.3 Å². The number of nitrogens with zero attached hydrogens (tertiary/aromatic N) is 1. The first-order valence-corrected chi connectivity index (χ1v) is 7.28. The first-order chi connectivity index (χ1) is 9.64. The Kier molecular flexibility index (Phi) is 5.01. The summed E-state index contributed by atoms with van der Waals surface area (Å²) in [6.45, 7) is 3.73. The molecule has 0 N–H and O–H groups in total. The lowest BCUT2D eigenvalue weighted by Crippen LogP contribution is -2.49. The van der Waals surface area contributed by atoms with Gasteiger partial charge in [-0.15, -0.1) is 0 Å². The van der Waals surface area contributed by atoms with E-state index in [0.29, 0.717) is 17.9 Å². The van der Waals surface area contributed by atoms with Crippen LogP contribution in [-0.2, 0) is 4.74 Å². The summed E-state index contributed by atoms with van der Waals surface area (Å²) in [5.41, 5.74) is 0.497. The molecule has 1 saturated heterocycles. The number of para-hydroxylation sites is 1. The fourth-order valence-corrected chi connectivity index (χ4v) is 2.75. The maximum Gasteiger partial charge on any atom is 0.342 e. The summed E-state index contributed by atoms with van der Waals surface area (Å²) in [5.74, 6) is 0.266. The smallest absolute Gasteiger partial charge is 0.342 e. The molecule has 0 atom stereocenters. The molecule has 4 heteroatoms. The Labute approximate surface area is 120 Å². The van der Waals surface area contributed by atoms with Crippen molar-refractivity contribution in [2.24, 2.45) is 0 Å². The Hall–Kier alpha value is -1.55. The highest BCUT2D eigenvalue weighted by atomic mass is 16.5. The van der Waals surface area contributed by atoms with Crippen molar-refractivity contribution in [2.45, 2.75) is 19.3 Å². The Morgan fingerprint density at radius 2 is 1.90 bits per heavy atom. The summed E-state index contributed by atoms with van der Waals surface area (Å²) in [4.78, 5) is 12.1. The molecule has 0 unspecified atom stereocenters. The second kappa shape index (κ2) is 6.75. The third kappa shape index (κ3) is 3.73. The molecule has 0 aromatic heterocycles. The maximum absolute atomic E-state index is 12.1. The average molecular weight is 278 g/mol. The van der Waals surface area contributed by atoms with Crippen LogP contribution in [-0.4, -0.2) is 50.9 Å². The van der Waals surface area contributed by atoms with Crippen LogP contribution in [0.2, 0.25) is 0 Å². The number of methoxy groups -OCH3 is 1. The van der Waals surface area contributed by atoms with Crippen molar-refractivity contribution in [3.05, 3.63) is 29.8 Å². The minimum absolute atomic E-state index is 0.300. The third-order valence-electron chi connectivity index (χ3n) is 4.09. The maximum atomic E-state index is 12.1. The van der Waals surface area contributed by atoms with Crippen molar-refractivity contribution in [2.75, 3.05) is 40.4 Å². The number of carbonyl (C=O) groups excluding carboxylic acids is 1. The Balaban J connectivity index is 1.86. The van der Waals surface area contributed by atoms with Crippen LogP contribution in [0.5, 0.6) is 5.75 Å². The van der Waals surface area contributed by atoms with Gasteiger partial charge < -0.3 is 14.0 Å². The average Bonchev–Trinajstić information content (AvgIpc) is 2.47. The highest BCUT2D eigenvalue weighted by Gasteiger charge is 2.25. The second-order valence-corrected chi connectivity index (χ2v) is 5.69. The lowest BCUT2D eigenvalue weighted by Gasteiger charge is -2.37. The van der Waals surface area contributed by atoms with E-state index >= 15 is 0 Å². The summed E-state index contributed by atoms with van der Waals surface area (Å²) in [5, 5.41) is 0. The van der Waals surface area contributed by atoms with Gasteiger partial charge in [-0.1, -0.05) is 12.1 Å². The molecule has 0 spiro atoms. The van der Waals surface area contributed by atoms with Crippen LogP contribution in [0.3, 0.4) is 0 Å².